The van der Waals surface area contributed by atoms with E-state index in [2.05, 4.69) is 15.6 Å². The Hall–Kier alpha value is -3.44. The van der Waals surface area contributed by atoms with Crippen LogP contribution in [-0.4, -0.2) is 81.1 Å². The van der Waals surface area contributed by atoms with Crippen molar-refractivity contribution >= 4 is 34.6 Å². The first-order valence-electron chi connectivity index (χ1n) is 10.8. The van der Waals surface area contributed by atoms with E-state index in [1.165, 1.54) is 11.8 Å². The van der Waals surface area contributed by atoms with Crippen LogP contribution in [0.1, 0.15) is 25.3 Å². The fourth-order valence-electron chi connectivity index (χ4n) is 3.98. The Labute approximate surface area is 190 Å². The Morgan fingerprint density at radius 1 is 1.18 bits per heavy atom. The lowest BCUT2D eigenvalue weighted by atomic mass is 10.0. The van der Waals surface area contributed by atoms with Crippen LogP contribution in [0.2, 0.25) is 0 Å². The number of aliphatic hydroxyl groups excluding tert-OH is 1. The number of fused-ring (bicyclic) bond motifs is 1. The minimum absolute atomic E-state index is 0.0941. The zero-order valence-electron chi connectivity index (χ0n) is 18.3. The van der Waals surface area contributed by atoms with Gasteiger partial charge in [-0.2, -0.15) is 0 Å². The van der Waals surface area contributed by atoms with E-state index in [1.807, 2.05) is 24.3 Å². The molecule has 1 aliphatic rings. The van der Waals surface area contributed by atoms with Gasteiger partial charge in [0, 0.05) is 30.1 Å². The van der Waals surface area contributed by atoms with Crippen LogP contribution in [0.5, 0.6) is 0 Å². The Morgan fingerprint density at radius 3 is 2.55 bits per heavy atom. The van der Waals surface area contributed by atoms with Gasteiger partial charge < -0.3 is 36.5 Å². The standard InChI is InChI=1S/C22H29N5O6/c1-12(23)19(29)26-17(11-28)20(30)25-16(21(31)27-8-4-7-18(27)22(32)33)9-13-10-24-15-6-3-2-5-14(13)15/h2-3,5-6,10,12,16-18,24,28H,4,7-9,11,23H2,1H3,(H,25,30)(H,26,29)(H,32,33). The van der Waals surface area contributed by atoms with Crippen LogP contribution in [-0.2, 0) is 25.6 Å². The predicted molar refractivity (Wildman–Crippen MR) is 119 cm³/mol. The Bertz CT molecular complexity index is 1040. The van der Waals surface area contributed by atoms with Gasteiger partial charge in [-0.1, -0.05) is 18.2 Å². The number of para-hydroxylation sites is 1. The highest BCUT2D eigenvalue weighted by atomic mass is 16.4. The Balaban J connectivity index is 1.86. The van der Waals surface area contributed by atoms with Crippen molar-refractivity contribution in [2.75, 3.05) is 13.2 Å². The van der Waals surface area contributed by atoms with Gasteiger partial charge in [-0.25, -0.2) is 4.79 Å². The van der Waals surface area contributed by atoms with E-state index in [0.717, 1.165) is 16.5 Å². The van der Waals surface area contributed by atoms with Gasteiger partial charge in [0.15, 0.2) is 0 Å². The van der Waals surface area contributed by atoms with Crippen molar-refractivity contribution in [3.8, 4) is 0 Å². The van der Waals surface area contributed by atoms with Crippen LogP contribution in [0.4, 0.5) is 0 Å². The molecule has 1 aromatic carbocycles. The second-order valence-corrected chi connectivity index (χ2v) is 8.19. The molecule has 7 N–H and O–H groups in total. The molecule has 3 rings (SSSR count). The number of aromatic amines is 1. The first kappa shape index (κ1) is 24.2. The van der Waals surface area contributed by atoms with Crippen LogP contribution in [0, 0.1) is 0 Å². The zero-order chi connectivity index (χ0) is 24.1. The highest BCUT2D eigenvalue weighted by Crippen LogP contribution is 2.22. The number of carbonyl (C=O) groups is 4. The molecule has 178 valence electrons. The number of H-pyrrole nitrogens is 1. The normalized spacial score (nSPS) is 18.5. The van der Waals surface area contributed by atoms with Crippen LogP contribution in [0.25, 0.3) is 10.9 Å². The second kappa shape index (κ2) is 10.5. The van der Waals surface area contributed by atoms with Crippen molar-refractivity contribution in [3.05, 3.63) is 36.0 Å². The summed E-state index contributed by atoms with van der Waals surface area (Å²) in [4.78, 5) is 54.1. The number of nitrogens with one attached hydrogen (secondary N) is 3. The fraction of sp³-hybridized carbons (Fsp3) is 0.455. The second-order valence-electron chi connectivity index (χ2n) is 8.19. The van der Waals surface area contributed by atoms with Gasteiger partial charge in [0.25, 0.3) is 0 Å². The van der Waals surface area contributed by atoms with E-state index < -0.39 is 54.5 Å². The molecule has 0 bridgehead atoms. The molecular weight excluding hydrogens is 430 g/mol. The Morgan fingerprint density at radius 2 is 1.88 bits per heavy atom. The summed E-state index contributed by atoms with van der Waals surface area (Å²) in [5.41, 5.74) is 7.13. The maximum atomic E-state index is 13.4. The van der Waals surface area contributed by atoms with E-state index in [4.69, 9.17) is 5.73 Å². The molecular formula is C22H29N5O6. The fourth-order valence-corrected chi connectivity index (χ4v) is 3.98. The summed E-state index contributed by atoms with van der Waals surface area (Å²) in [6.45, 7) is 1.01. The molecule has 4 atom stereocenters. The number of hydrogen-bond donors (Lipinski definition) is 6. The number of carbonyl (C=O) groups excluding carboxylic acids is 3. The third kappa shape index (κ3) is 5.49. The molecule has 1 aliphatic heterocycles. The lowest BCUT2D eigenvalue weighted by Crippen LogP contribution is -2.58. The molecule has 0 spiro atoms. The van der Waals surface area contributed by atoms with Crippen LogP contribution in [0.3, 0.4) is 0 Å². The molecule has 2 heterocycles. The molecule has 11 heteroatoms. The predicted octanol–water partition coefficient (Wildman–Crippen LogP) is -0.905. The van der Waals surface area contributed by atoms with E-state index in [-0.39, 0.29) is 13.0 Å². The molecule has 3 amide bonds. The van der Waals surface area contributed by atoms with Gasteiger partial charge in [-0.15, -0.1) is 0 Å². The van der Waals surface area contributed by atoms with Gasteiger partial charge in [0.1, 0.15) is 18.1 Å². The molecule has 1 aromatic heterocycles. The number of rotatable bonds is 9. The molecule has 11 nitrogen and oxygen atoms in total. The molecule has 0 saturated carbocycles. The first-order valence-corrected chi connectivity index (χ1v) is 10.8. The van der Waals surface area contributed by atoms with Crippen molar-refractivity contribution in [1.29, 1.82) is 0 Å². The topological polar surface area (TPSA) is 178 Å². The summed E-state index contributed by atoms with van der Waals surface area (Å²) in [7, 11) is 0. The third-order valence-electron chi connectivity index (χ3n) is 5.76. The van der Waals surface area contributed by atoms with E-state index >= 15 is 0 Å². The number of hydrogen-bond acceptors (Lipinski definition) is 6. The molecule has 0 radical (unpaired) electrons. The van der Waals surface area contributed by atoms with E-state index in [9.17, 15) is 29.4 Å². The molecule has 4 unspecified atom stereocenters. The Kier molecular flexibility index (Phi) is 7.67. The number of aromatic nitrogens is 1. The number of amides is 3. The van der Waals surface area contributed by atoms with Crippen molar-refractivity contribution in [2.24, 2.45) is 5.73 Å². The first-order chi connectivity index (χ1) is 15.7. The largest absolute Gasteiger partial charge is 0.480 e. The molecule has 2 aromatic rings. The maximum absolute atomic E-state index is 13.4. The SMILES string of the molecule is CC(N)C(=O)NC(CO)C(=O)NC(Cc1c[nH]c2ccccc12)C(=O)N1CCCC1C(=O)O. The van der Waals surface area contributed by atoms with Gasteiger partial charge in [0.05, 0.1) is 12.6 Å². The van der Waals surface area contributed by atoms with Crippen molar-refractivity contribution in [1.82, 2.24) is 20.5 Å². The van der Waals surface area contributed by atoms with E-state index in [1.54, 1.807) is 6.20 Å². The quantitative estimate of drug-likeness (QED) is 0.281. The molecule has 0 aliphatic carbocycles. The number of nitrogens with two attached hydrogens (primary N) is 1. The molecule has 1 fully saturated rings. The average molecular weight is 460 g/mol. The summed E-state index contributed by atoms with van der Waals surface area (Å²) in [5, 5.41) is 24.9. The van der Waals surface area contributed by atoms with Gasteiger partial charge in [-0.05, 0) is 31.4 Å². The highest BCUT2D eigenvalue weighted by Gasteiger charge is 2.38. The number of carboxylic acids is 1. The van der Waals surface area contributed by atoms with Gasteiger partial charge in [-0.3, -0.25) is 14.4 Å². The zero-order valence-corrected chi connectivity index (χ0v) is 18.3. The number of nitrogens with zero attached hydrogens (tertiary/aromatic N) is 1. The van der Waals surface area contributed by atoms with Gasteiger partial charge >= 0.3 is 5.97 Å². The van der Waals surface area contributed by atoms with Gasteiger partial charge in [0.2, 0.25) is 17.7 Å². The summed E-state index contributed by atoms with van der Waals surface area (Å²) in [5.74, 6) is -3.03. The summed E-state index contributed by atoms with van der Waals surface area (Å²) in [6.07, 6.45) is 2.70. The van der Waals surface area contributed by atoms with Crippen LogP contribution < -0.4 is 16.4 Å². The number of carboxylic acid groups (broad SMARTS) is 1. The minimum atomic E-state index is -1.31. The summed E-state index contributed by atoms with van der Waals surface area (Å²) < 4.78 is 0. The lowest BCUT2D eigenvalue weighted by molar-refractivity contribution is -0.149. The maximum Gasteiger partial charge on any atom is 0.326 e. The number of aliphatic carboxylic acids is 1. The summed E-state index contributed by atoms with van der Waals surface area (Å²) in [6, 6.07) is 3.19. The molecule has 33 heavy (non-hydrogen) atoms. The minimum Gasteiger partial charge on any atom is -0.480 e. The molecule has 1 saturated heterocycles. The van der Waals surface area contributed by atoms with Crippen molar-refractivity contribution < 1.29 is 29.4 Å². The van der Waals surface area contributed by atoms with Crippen LogP contribution >= 0.6 is 0 Å². The third-order valence-corrected chi connectivity index (χ3v) is 5.76. The average Bonchev–Trinajstić information content (AvgIpc) is 3.44. The lowest BCUT2D eigenvalue weighted by Gasteiger charge is -2.28. The number of aliphatic hydroxyl groups is 1. The van der Waals surface area contributed by atoms with Crippen molar-refractivity contribution in [2.45, 2.75) is 50.4 Å². The smallest absolute Gasteiger partial charge is 0.326 e. The highest BCUT2D eigenvalue weighted by molar-refractivity contribution is 5.95. The van der Waals surface area contributed by atoms with E-state index in [0.29, 0.717) is 12.8 Å². The number of benzene rings is 1. The summed E-state index contributed by atoms with van der Waals surface area (Å²) >= 11 is 0. The monoisotopic (exact) mass is 459 g/mol. The number of likely N-dealkylation sites (tertiary alicyclic amines) is 1. The van der Waals surface area contributed by atoms with Crippen LogP contribution in [0.15, 0.2) is 30.5 Å². The van der Waals surface area contributed by atoms with Crippen molar-refractivity contribution in [3.63, 3.8) is 0 Å².